The molecule has 17 heavy (non-hydrogen) atoms. The zero-order chi connectivity index (χ0) is 12.8. The van der Waals surface area contributed by atoms with Gasteiger partial charge in [-0.15, -0.1) is 0 Å². The van der Waals surface area contributed by atoms with E-state index in [9.17, 15) is 9.59 Å². The van der Waals surface area contributed by atoms with Gasteiger partial charge in [-0.2, -0.15) is 0 Å². The second kappa shape index (κ2) is 5.89. The van der Waals surface area contributed by atoms with Crippen molar-refractivity contribution >= 4 is 17.6 Å². The summed E-state index contributed by atoms with van der Waals surface area (Å²) in [6, 6.07) is 7.09. The molecular formula is C12H15NO4. The number of benzene rings is 1. The summed E-state index contributed by atoms with van der Waals surface area (Å²) in [7, 11) is 4.36. The predicted octanol–water partition coefficient (Wildman–Crippen LogP) is 1.22. The number of hydrogen-bond donors (Lipinski definition) is 0. The van der Waals surface area contributed by atoms with Crippen molar-refractivity contribution in [2.45, 2.75) is 6.42 Å². The largest absolute Gasteiger partial charge is 0.495 e. The molecule has 0 radical (unpaired) electrons. The number of carbonyl (C=O) groups excluding carboxylic acids is 2. The van der Waals surface area contributed by atoms with Gasteiger partial charge in [-0.3, -0.25) is 9.59 Å². The fourth-order valence-corrected chi connectivity index (χ4v) is 1.36. The van der Waals surface area contributed by atoms with Crippen LogP contribution in [0.5, 0.6) is 5.75 Å². The minimum Gasteiger partial charge on any atom is -0.495 e. The lowest BCUT2D eigenvalue weighted by molar-refractivity contribution is -0.143. The number of ether oxygens (including phenoxy) is 2. The molecule has 0 bridgehead atoms. The number of rotatable bonds is 4. The molecule has 92 valence electrons. The molecule has 0 fully saturated rings. The first-order valence-electron chi connectivity index (χ1n) is 5.06. The summed E-state index contributed by atoms with van der Waals surface area (Å²) in [6.45, 7) is 0. The number of para-hydroxylation sites is 2. The number of esters is 1. The molecule has 1 aromatic carbocycles. The Morgan fingerprint density at radius 1 is 1.24 bits per heavy atom. The molecule has 0 spiro atoms. The van der Waals surface area contributed by atoms with Crippen molar-refractivity contribution in [1.82, 2.24) is 0 Å². The van der Waals surface area contributed by atoms with Gasteiger partial charge < -0.3 is 14.4 Å². The number of carbonyl (C=O) groups is 2. The molecule has 0 unspecified atom stereocenters. The van der Waals surface area contributed by atoms with E-state index in [1.807, 2.05) is 0 Å². The van der Waals surface area contributed by atoms with Gasteiger partial charge >= 0.3 is 5.97 Å². The predicted molar refractivity (Wildman–Crippen MR) is 63.0 cm³/mol. The van der Waals surface area contributed by atoms with Crippen LogP contribution < -0.4 is 9.64 Å². The van der Waals surface area contributed by atoms with Gasteiger partial charge in [0.25, 0.3) is 0 Å². The van der Waals surface area contributed by atoms with Gasteiger partial charge in [0.1, 0.15) is 12.2 Å². The summed E-state index contributed by atoms with van der Waals surface area (Å²) in [6.07, 6.45) is -0.287. The first kappa shape index (κ1) is 13.0. The highest BCUT2D eigenvalue weighted by molar-refractivity contribution is 6.03. The van der Waals surface area contributed by atoms with E-state index in [0.717, 1.165) is 0 Å². The standard InChI is InChI=1S/C12H15NO4/c1-13(11(14)8-12(15)17-3)9-6-4-5-7-10(9)16-2/h4-7H,8H2,1-3H3. The molecule has 0 saturated heterocycles. The van der Waals surface area contributed by atoms with E-state index < -0.39 is 5.97 Å². The smallest absolute Gasteiger partial charge is 0.315 e. The first-order chi connectivity index (χ1) is 8.10. The Balaban J connectivity index is 2.84. The molecule has 1 aromatic rings. The van der Waals surface area contributed by atoms with Crippen molar-refractivity contribution in [2.24, 2.45) is 0 Å². The fourth-order valence-electron chi connectivity index (χ4n) is 1.36. The number of hydrogen-bond acceptors (Lipinski definition) is 4. The van der Waals surface area contributed by atoms with E-state index in [-0.39, 0.29) is 12.3 Å². The highest BCUT2D eigenvalue weighted by Crippen LogP contribution is 2.26. The maximum Gasteiger partial charge on any atom is 0.315 e. The van der Waals surface area contributed by atoms with Crippen LogP contribution in [0.1, 0.15) is 6.42 Å². The van der Waals surface area contributed by atoms with Crippen LogP contribution in [0.4, 0.5) is 5.69 Å². The maximum absolute atomic E-state index is 11.8. The Kier molecular flexibility index (Phi) is 4.51. The monoisotopic (exact) mass is 237 g/mol. The normalized spacial score (nSPS) is 9.59. The summed E-state index contributed by atoms with van der Waals surface area (Å²) >= 11 is 0. The Bertz CT molecular complexity index is 417. The molecule has 0 atom stereocenters. The minimum absolute atomic E-state index is 0.287. The molecule has 5 heteroatoms. The third-order valence-electron chi connectivity index (χ3n) is 2.34. The Morgan fingerprint density at radius 3 is 2.47 bits per heavy atom. The molecule has 0 aromatic heterocycles. The molecule has 0 aliphatic heterocycles. The van der Waals surface area contributed by atoms with Crippen LogP contribution in [-0.2, 0) is 14.3 Å². The van der Waals surface area contributed by atoms with Crippen molar-refractivity contribution in [3.8, 4) is 5.75 Å². The van der Waals surface area contributed by atoms with Gasteiger partial charge in [-0.1, -0.05) is 12.1 Å². The topological polar surface area (TPSA) is 55.8 Å². The lowest BCUT2D eigenvalue weighted by Crippen LogP contribution is -2.28. The lowest BCUT2D eigenvalue weighted by atomic mass is 10.2. The highest BCUT2D eigenvalue weighted by Gasteiger charge is 2.18. The molecule has 0 heterocycles. The van der Waals surface area contributed by atoms with E-state index in [0.29, 0.717) is 11.4 Å². The quantitative estimate of drug-likeness (QED) is 0.583. The van der Waals surface area contributed by atoms with Crippen molar-refractivity contribution in [1.29, 1.82) is 0 Å². The molecular weight excluding hydrogens is 222 g/mol. The number of methoxy groups -OCH3 is 2. The fraction of sp³-hybridized carbons (Fsp3) is 0.333. The van der Waals surface area contributed by atoms with E-state index in [1.54, 1.807) is 31.3 Å². The van der Waals surface area contributed by atoms with Crippen molar-refractivity contribution < 1.29 is 19.1 Å². The number of amides is 1. The van der Waals surface area contributed by atoms with Gasteiger partial charge in [0, 0.05) is 7.05 Å². The summed E-state index contributed by atoms with van der Waals surface area (Å²) in [4.78, 5) is 24.1. The van der Waals surface area contributed by atoms with Crippen molar-refractivity contribution in [3.63, 3.8) is 0 Å². The summed E-state index contributed by atoms with van der Waals surface area (Å²) in [5.74, 6) is -0.327. The van der Waals surface area contributed by atoms with Crippen LogP contribution in [0.2, 0.25) is 0 Å². The zero-order valence-electron chi connectivity index (χ0n) is 10.1. The Labute approximate surface area is 99.9 Å². The van der Waals surface area contributed by atoms with Crippen molar-refractivity contribution in [3.05, 3.63) is 24.3 Å². The van der Waals surface area contributed by atoms with E-state index in [4.69, 9.17) is 4.74 Å². The molecule has 5 nitrogen and oxygen atoms in total. The average molecular weight is 237 g/mol. The van der Waals surface area contributed by atoms with Crippen LogP contribution in [0.15, 0.2) is 24.3 Å². The van der Waals surface area contributed by atoms with Gasteiger partial charge in [-0.05, 0) is 12.1 Å². The second-order valence-corrected chi connectivity index (χ2v) is 3.38. The van der Waals surface area contributed by atoms with Crippen LogP contribution in [0.25, 0.3) is 0 Å². The Hall–Kier alpha value is -2.04. The van der Waals surface area contributed by atoms with Crippen LogP contribution in [0, 0.1) is 0 Å². The maximum atomic E-state index is 11.8. The van der Waals surface area contributed by atoms with Gasteiger partial charge in [0.2, 0.25) is 5.91 Å². The minimum atomic E-state index is -0.559. The summed E-state index contributed by atoms with van der Waals surface area (Å²) in [5.41, 5.74) is 0.615. The lowest BCUT2D eigenvalue weighted by Gasteiger charge is -2.19. The van der Waals surface area contributed by atoms with E-state index >= 15 is 0 Å². The van der Waals surface area contributed by atoms with Crippen molar-refractivity contribution in [2.75, 3.05) is 26.2 Å². The van der Waals surface area contributed by atoms with Gasteiger partial charge in [0.05, 0.1) is 19.9 Å². The van der Waals surface area contributed by atoms with Crippen LogP contribution in [-0.4, -0.2) is 33.1 Å². The molecule has 0 N–H and O–H groups in total. The molecule has 0 aliphatic carbocycles. The third-order valence-corrected chi connectivity index (χ3v) is 2.34. The SMILES string of the molecule is COC(=O)CC(=O)N(C)c1ccccc1OC. The van der Waals surface area contributed by atoms with Crippen LogP contribution >= 0.6 is 0 Å². The zero-order valence-corrected chi connectivity index (χ0v) is 10.1. The molecule has 0 aliphatic rings. The number of nitrogens with zero attached hydrogens (tertiary/aromatic N) is 1. The van der Waals surface area contributed by atoms with Gasteiger partial charge in [0.15, 0.2) is 0 Å². The van der Waals surface area contributed by atoms with Crippen LogP contribution in [0.3, 0.4) is 0 Å². The number of anilines is 1. The Morgan fingerprint density at radius 2 is 1.88 bits per heavy atom. The second-order valence-electron chi connectivity index (χ2n) is 3.38. The molecule has 1 amide bonds. The van der Waals surface area contributed by atoms with E-state index in [1.165, 1.54) is 19.1 Å². The van der Waals surface area contributed by atoms with E-state index in [2.05, 4.69) is 4.74 Å². The average Bonchev–Trinajstić information content (AvgIpc) is 2.37. The highest BCUT2D eigenvalue weighted by atomic mass is 16.5. The summed E-state index contributed by atoms with van der Waals surface area (Å²) < 4.78 is 9.58. The van der Waals surface area contributed by atoms with Gasteiger partial charge in [-0.25, -0.2) is 0 Å². The summed E-state index contributed by atoms with van der Waals surface area (Å²) in [5, 5.41) is 0. The molecule has 1 rings (SSSR count). The third kappa shape index (κ3) is 3.21. The first-order valence-corrected chi connectivity index (χ1v) is 5.06. The molecule has 0 saturated carbocycles.